The Morgan fingerprint density at radius 1 is 1.00 bits per heavy atom. The lowest BCUT2D eigenvalue weighted by Crippen LogP contribution is -2.56. The van der Waals surface area contributed by atoms with Gasteiger partial charge >= 0.3 is 0 Å². The van der Waals surface area contributed by atoms with E-state index in [0.29, 0.717) is 44.5 Å². The Labute approximate surface area is 297 Å². The van der Waals surface area contributed by atoms with Crippen LogP contribution in [0.5, 0.6) is 5.88 Å². The highest BCUT2D eigenvalue weighted by atomic mass is 32.2. The van der Waals surface area contributed by atoms with Crippen molar-refractivity contribution in [1.82, 2.24) is 19.9 Å². The first-order chi connectivity index (χ1) is 24.0. The monoisotopic (exact) mass is 716 g/mol. The van der Waals surface area contributed by atoms with E-state index in [2.05, 4.69) is 10.0 Å². The highest BCUT2D eigenvalue weighted by molar-refractivity contribution is 7.91. The molecule has 12 heteroatoms. The molecule has 7 rings (SSSR count). The Morgan fingerprint density at radius 2 is 1.70 bits per heavy atom. The predicted molar refractivity (Wildman–Crippen MR) is 193 cm³/mol. The first-order valence-corrected chi connectivity index (χ1v) is 19.9. The van der Waals surface area contributed by atoms with Crippen molar-refractivity contribution < 1.29 is 27.5 Å². The fourth-order valence-corrected chi connectivity index (χ4v) is 9.51. The number of amides is 3. The quantitative estimate of drug-likeness (QED) is 0.299. The molecule has 3 aromatic rings. The van der Waals surface area contributed by atoms with E-state index in [9.17, 15) is 22.8 Å². The van der Waals surface area contributed by atoms with Crippen LogP contribution in [0.15, 0.2) is 72.8 Å². The summed E-state index contributed by atoms with van der Waals surface area (Å²) in [6, 6.07) is 19.8. The molecule has 1 aromatic heterocycles. The summed E-state index contributed by atoms with van der Waals surface area (Å²) in [5.74, 6) is -2.50. The molecular weight excluding hydrogens is 673 g/mol. The molecule has 3 saturated carbocycles. The summed E-state index contributed by atoms with van der Waals surface area (Å²) in [6.45, 7) is 2.21. The molecule has 2 N–H and O–H groups in total. The number of hydrogen-bond donors (Lipinski definition) is 2. The summed E-state index contributed by atoms with van der Waals surface area (Å²) in [4.78, 5) is 49.5. The molecule has 3 aliphatic carbocycles. The summed E-state index contributed by atoms with van der Waals surface area (Å²) < 4.78 is 34.2. The number of carbonyl (C=O) groups is 3. The Hall–Kier alpha value is -4.03. The van der Waals surface area contributed by atoms with Gasteiger partial charge in [0.25, 0.3) is 5.91 Å². The van der Waals surface area contributed by atoms with Crippen molar-refractivity contribution in [1.29, 1.82) is 0 Å². The van der Waals surface area contributed by atoms with Crippen LogP contribution >= 0.6 is 11.3 Å². The molecule has 3 fully saturated rings. The number of hydrogen-bond acceptors (Lipinski definition) is 8. The van der Waals surface area contributed by atoms with Crippen molar-refractivity contribution in [3.8, 4) is 26.9 Å². The zero-order chi connectivity index (χ0) is 35.1. The molecule has 2 aromatic carbocycles. The number of carbonyl (C=O) groups excluding carboxylic acids is 3. The molecular formula is C38H44N4O6S2. The lowest BCUT2D eigenvalue weighted by Gasteiger charge is -2.37. The minimum Gasteiger partial charge on any atom is -0.473 e. The summed E-state index contributed by atoms with van der Waals surface area (Å²) >= 11 is 1.54. The molecule has 0 saturated heterocycles. The number of nitrogens with one attached hydrogen (secondary N) is 2. The first-order valence-electron chi connectivity index (χ1n) is 17.6. The number of ether oxygens (including phenoxy) is 1. The van der Waals surface area contributed by atoms with Crippen LogP contribution in [0.3, 0.4) is 0 Å². The molecule has 0 unspecified atom stereocenters. The maximum Gasteiger partial charge on any atom is 0.259 e. The van der Waals surface area contributed by atoms with Gasteiger partial charge in [-0.05, 0) is 70.3 Å². The summed E-state index contributed by atoms with van der Waals surface area (Å²) in [5, 5.41) is 3.81. The van der Waals surface area contributed by atoms with Gasteiger partial charge in [0.05, 0.1) is 15.5 Å². The molecule has 5 atom stereocenters. The number of benzene rings is 2. The van der Waals surface area contributed by atoms with E-state index in [0.717, 1.165) is 40.3 Å². The second kappa shape index (κ2) is 13.6. The Bertz CT molecular complexity index is 1890. The summed E-state index contributed by atoms with van der Waals surface area (Å²) in [7, 11) is -2.13. The standard InChI is InChI=1S/C38H44N4O6S2/c1-37(20-21-37)50(46,47)41-36(45)38-24-27(38)17-11-3-4-12-22-42(2)35(44)29-19-18-28(23-30(29)32(43)40-38)48-33-31(25-13-7-5-8-14-25)49-34(39-33)26-15-9-6-10-16-26/h5-11,13-17,27-30H,3-4,12,18-24H2,1-2H3,(H,40,43)(H,41,45)/b17-11-/t27-,28+,29-,30-,38-/m1/s1. The molecule has 1 aliphatic heterocycles. The third kappa shape index (κ3) is 6.84. The second-order valence-corrected chi connectivity index (χ2v) is 17.7. The zero-order valence-corrected chi connectivity index (χ0v) is 30.1. The molecule has 10 nitrogen and oxygen atoms in total. The van der Waals surface area contributed by atoms with Crippen molar-refractivity contribution in [3.63, 3.8) is 0 Å². The van der Waals surface area contributed by atoms with Gasteiger partial charge in [0.1, 0.15) is 16.7 Å². The maximum absolute atomic E-state index is 14.4. The fraction of sp³-hybridized carbons (Fsp3) is 0.474. The van der Waals surface area contributed by atoms with Gasteiger partial charge in [-0.25, -0.2) is 13.4 Å². The number of sulfonamides is 1. The molecule has 3 amide bonds. The van der Waals surface area contributed by atoms with E-state index < -0.39 is 50.1 Å². The van der Waals surface area contributed by atoms with Gasteiger partial charge in [0.15, 0.2) is 0 Å². The van der Waals surface area contributed by atoms with Crippen molar-refractivity contribution in [2.24, 2.45) is 17.8 Å². The lowest BCUT2D eigenvalue weighted by atomic mass is 9.76. The minimum absolute atomic E-state index is 0.101. The van der Waals surface area contributed by atoms with Crippen LogP contribution in [0, 0.1) is 17.8 Å². The Morgan fingerprint density at radius 3 is 2.40 bits per heavy atom. The lowest BCUT2D eigenvalue weighted by molar-refractivity contribution is -0.145. The second-order valence-electron chi connectivity index (χ2n) is 14.5. The molecule has 2 heterocycles. The first kappa shape index (κ1) is 34.4. The zero-order valence-electron chi connectivity index (χ0n) is 28.5. The third-order valence-electron chi connectivity index (χ3n) is 10.8. The molecule has 4 aliphatic rings. The van der Waals surface area contributed by atoms with E-state index in [4.69, 9.17) is 9.72 Å². The van der Waals surface area contributed by atoms with Gasteiger partial charge in [-0.2, -0.15) is 0 Å². The van der Waals surface area contributed by atoms with Crippen LogP contribution in [0.25, 0.3) is 21.0 Å². The van der Waals surface area contributed by atoms with Gasteiger partial charge in [0.2, 0.25) is 27.7 Å². The highest BCUT2D eigenvalue weighted by Crippen LogP contribution is 2.48. The van der Waals surface area contributed by atoms with E-state index in [-0.39, 0.29) is 18.2 Å². The third-order valence-corrected chi connectivity index (χ3v) is 14.1. The van der Waals surface area contributed by atoms with Crippen molar-refractivity contribution >= 4 is 39.1 Å². The number of rotatable bonds is 7. The topological polar surface area (TPSA) is 135 Å². The normalized spacial score (nSPS) is 28.6. The number of thiazole rings is 1. The predicted octanol–water partition coefficient (Wildman–Crippen LogP) is 5.71. The van der Waals surface area contributed by atoms with E-state index in [1.807, 2.05) is 72.8 Å². The van der Waals surface area contributed by atoms with E-state index >= 15 is 0 Å². The van der Waals surface area contributed by atoms with Crippen molar-refractivity contribution in [2.45, 2.75) is 81.1 Å². The molecule has 0 radical (unpaired) electrons. The Balaban J connectivity index is 1.17. The molecule has 0 spiro atoms. The largest absolute Gasteiger partial charge is 0.473 e. The van der Waals surface area contributed by atoms with Gasteiger partial charge in [-0.15, -0.1) is 11.3 Å². The van der Waals surface area contributed by atoms with Crippen LogP contribution in [-0.4, -0.2) is 66.0 Å². The van der Waals surface area contributed by atoms with E-state index in [1.54, 1.807) is 30.2 Å². The maximum atomic E-state index is 14.4. The minimum atomic E-state index is -3.91. The average molecular weight is 717 g/mol. The summed E-state index contributed by atoms with van der Waals surface area (Å²) in [6.07, 6.45) is 8.42. The number of allylic oxidation sites excluding steroid dienone is 1. The average Bonchev–Trinajstić information content (AvgIpc) is 4.00. The van der Waals surface area contributed by atoms with Crippen LogP contribution < -0.4 is 14.8 Å². The van der Waals surface area contributed by atoms with Gasteiger partial charge in [0, 0.05) is 31.0 Å². The number of fused-ring (bicyclic) bond motifs is 2. The summed E-state index contributed by atoms with van der Waals surface area (Å²) in [5.41, 5.74) is 0.546. The van der Waals surface area contributed by atoms with Crippen LogP contribution in [0.4, 0.5) is 0 Å². The molecule has 0 bridgehead atoms. The SMILES string of the molecule is CN1CCCC/C=C\[C@@H]2C[C@@]2(C(=O)NS(=O)(=O)C2(C)CC2)NC(=O)[C@@H]2C[C@@H](Oc3nc(-c4ccccc4)sc3-c3ccccc3)CC[C@H]2C1=O. The van der Waals surface area contributed by atoms with Gasteiger partial charge < -0.3 is 15.0 Å². The molecule has 50 heavy (non-hydrogen) atoms. The van der Waals surface area contributed by atoms with Crippen LogP contribution in [0.1, 0.15) is 64.7 Å². The van der Waals surface area contributed by atoms with Crippen LogP contribution in [-0.2, 0) is 24.4 Å². The van der Waals surface area contributed by atoms with Gasteiger partial charge in [-0.3, -0.25) is 19.1 Å². The van der Waals surface area contributed by atoms with Crippen molar-refractivity contribution in [3.05, 3.63) is 72.8 Å². The Kier molecular flexibility index (Phi) is 9.36. The van der Waals surface area contributed by atoms with E-state index in [1.165, 1.54) is 0 Å². The smallest absolute Gasteiger partial charge is 0.259 e. The van der Waals surface area contributed by atoms with Gasteiger partial charge in [-0.1, -0.05) is 72.8 Å². The number of nitrogens with zero attached hydrogens (tertiary/aromatic N) is 2. The fourth-order valence-electron chi connectivity index (χ4n) is 7.18. The molecule has 264 valence electrons. The number of aromatic nitrogens is 1. The highest BCUT2D eigenvalue weighted by Gasteiger charge is 2.63. The van der Waals surface area contributed by atoms with Crippen molar-refractivity contribution in [2.75, 3.05) is 13.6 Å². The van der Waals surface area contributed by atoms with Crippen LogP contribution in [0.2, 0.25) is 0 Å².